The lowest BCUT2D eigenvalue weighted by Gasteiger charge is -2.26. The minimum Gasteiger partial charge on any atom is -0.491 e. The first-order valence-corrected chi connectivity index (χ1v) is 13.7. The van der Waals surface area contributed by atoms with Gasteiger partial charge in [-0.1, -0.05) is 24.3 Å². The minimum atomic E-state index is 0.396. The number of aromatic nitrogens is 1. The van der Waals surface area contributed by atoms with Crippen LogP contribution in [0.5, 0.6) is 11.5 Å². The summed E-state index contributed by atoms with van der Waals surface area (Å²) >= 11 is 0. The molecule has 40 heavy (non-hydrogen) atoms. The summed E-state index contributed by atoms with van der Waals surface area (Å²) in [6, 6.07) is 16.6. The summed E-state index contributed by atoms with van der Waals surface area (Å²) < 4.78 is 39.1. The third-order valence-corrected chi connectivity index (χ3v) is 6.37. The molecular weight excluding hydrogens is 514 g/mol. The van der Waals surface area contributed by atoms with Crippen molar-refractivity contribution in [1.82, 2.24) is 9.88 Å². The maximum Gasteiger partial charge on any atom is 0.298 e. The third kappa shape index (κ3) is 10.1. The Morgan fingerprint density at radius 3 is 2.05 bits per heavy atom. The fourth-order valence-corrected chi connectivity index (χ4v) is 4.29. The van der Waals surface area contributed by atoms with E-state index in [0.29, 0.717) is 58.7 Å². The first-order chi connectivity index (χ1) is 19.7. The molecule has 1 saturated heterocycles. The third-order valence-electron chi connectivity index (χ3n) is 6.37. The molecule has 0 radical (unpaired) electrons. The van der Waals surface area contributed by atoms with Gasteiger partial charge >= 0.3 is 0 Å². The molecule has 2 aromatic carbocycles. The molecule has 4 rings (SSSR count). The second kappa shape index (κ2) is 16.8. The summed E-state index contributed by atoms with van der Waals surface area (Å²) in [5.74, 6) is 1.59. The second-order valence-electron chi connectivity index (χ2n) is 9.46. The van der Waals surface area contributed by atoms with Crippen molar-refractivity contribution in [2.45, 2.75) is 19.7 Å². The second-order valence-corrected chi connectivity index (χ2v) is 9.46. The largest absolute Gasteiger partial charge is 0.491 e. The highest BCUT2D eigenvalue weighted by Gasteiger charge is 2.16. The average molecular weight is 556 g/mol. The maximum atomic E-state index is 5.95. The first-order valence-electron chi connectivity index (χ1n) is 13.7. The molecule has 1 fully saturated rings. The first kappa shape index (κ1) is 29.8. The van der Waals surface area contributed by atoms with E-state index in [1.165, 1.54) is 0 Å². The molecular formula is C30H41N3O7. The molecule has 1 aliphatic rings. The number of morpholine rings is 1. The Morgan fingerprint density at radius 1 is 0.825 bits per heavy atom. The van der Waals surface area contributed by atoms with E-state index in [4.69, 9.17) is 37.8 Å². The molecule has 3 aromatic rings. The fraction of sp³-hybridized carbons (Fsp3) is 0.500. The van der Waals surface area contributed by atoms with E-state index < -0.39 is 0 Å². The molecule has 0 bridgehead atoms. The van der Waals surface area contributed by atoms with Crippen molar-refractivity contribution in [2.24, 2.45) is 0 Å². The summed E-state index contributed by atoms with van der Waals surface area (Å²) in [5, 5.41) is 0. The Morgan fingerprint density at radius 2 is 1.45 bits per heavy atom. The summed E-state index contributed by atoms with van der Waals surface area (Å²) in [6.45, 7) is 8.59. The van der Waals surface area contributed by atoms with Crippen molar-refractivity contribution in [1.29, 1.82) is 0 Å². The highest BCUT2D eigenvalue weighted by molar-refractivity contribution is 5.37. The Bertz CT molecular complexity index is 1060. The fourth-order valence-electron chi connectivity index (χ4n) is 4.29. The summed E-state index contributed by atoms with van der Waals surface area (Å²) in [5.41, 5.74) is 2.91. The van der Waals surface area contributed by atoms with Crippen LogP contribution in [-0.2, 0) is 38.6 Å². The number of oxazole rings is 1. The van der Waals surface area contributed by atoms with E-state index in [1.807, 2.05) is 36.4 Å². The van der Waals surface area contributed by atoms with E-state index in [2.05, 4.69) is 21.9 Å². The molecule has 0 atom stereocenters. The maximum absolute atomic E-state index is 5.95. The molecule has 0 amide bonds. The topological polar surface area (TPSA) is 87.9 Å². The lowest BCUT2D eigenvalue weighted by molar-refractivity contribution is 0.0177. The predicted octanol–water partition coefficient (Wildman–Crippen LogP) is 3.78. The van der Waals surface area contributed by atoms with Crippen molar-refractivity contribution < 1.29 is 32.8 Å². The monoisotopic (exact) mass is 555 g/mol. The van der Waals surface area contributed by atoms with E-state index in [1.54, 1.807) is 20.5 Å². The van der Waals surface area contributed by atoms with E-state index in [9.17, 15) is 0 Å². The highest BCUT2D eigenvalue weighted by Crippen LogP contribution is 2.24. The molecule has 1 aliphatic heterocycles. The van der Waals surface area contributed by atoms with Crippen LogP contribution in [0.4, 0.5) is 6.01 Å². The number of nitrogens with zero attached hydrogens (tertiary/aromatic N) is 3. The van der Waals surface area contributed by atoms with Crippen LogP contribution in [0.15, 0.2) is 59.2 Å². The van der Waals surface area contributed by atoms with Crippen molar-refractivity contribution >= 4 is 6.01 Å². The summed E-state index contributed by atoms with van der Waals surface area (Å²) in [4.78, 5) is 9.20. The molecule has 10 nitrogen and oxygen atoms in total. The molecule has 0 saturated carbocycles. The SMILES string of the molecule is COCCOc1cccc(CN(Cc2cccc(OCCOC)c2)c2nc(COCCN3CCOCC3)co2)c1. The van der Waals surface area contributed by atoms with Gasteiger partial charge in [-0.3, -0.25) is 4.90 Å². The Balaban J connectivity index is 1.42. The average Bonchev–Trinajstić information content (AvgIpc) is 3.45. The lowest BCUT2D eigenvalue weighted by Crippen LogP contribution is -2.38. The zero-order valence-corrected chi connectivity index (χ0v) is 23.6. The molecule has 2 heterocycles. The van der Waals surface area contributed by atoms with Crippen LogP contribution >= 0.6 is 0 Å². The van der Waals surface area contributed by atoms with E-state index >= 15 is 0 Å². The number of hydrogen-bond donors (Lipinski definition) is 0. The molecule has 0 N–H and O–H groups in total. The Labute approximate surface area is 236 Å². The summed E-state index contributed by atoms with van der Waals surface area (Å²) in [6.07, 6.45) is 1.67. The van der Waals surface area contributed by atoms with Gasteiger partial charge in [-0.05, 0) is 35.4 Å². The van der Waals surface area contributed by atoms with Gasteiger partial charge in [0.15, 0.2) is 0 Å². The molecule has 0 unspecified atom stereocenters. The number of ether oxygens (including phenoxy) is 6. The predicted molar refractivity (Wildman–Crippen MR) is 151 cm³/mol. The normalized spacial score (nSPS) is 13.8. The van der Waals surface area contributed by atoms with E-state index in [0.717, 1.165) is 61.2 Å². The molecule has 0 aliphatic carbocycles. The van der Waals surface area contributed by atoms with Crippen LogP contribution < -0.4 is 14.4 Å². The van der Waals surface area contributed by atoms with Gasteiger partial charge in [0.25, 0.3) is 6.01 Å². The number of methoxy groups -OCH3 is 2. The van der Waals surface area contributed by atoms with Crippen LogP contribution in [0, 0.1) is 0 Å². The van der Waals surface area contributed by atoms with Gasteiger partial charge in [-0.15, -0.1) is 0 Å². The Kier molecular flexibility index (Phi) is 12.6. The zero-order valence-electron chi connectivity index (χ0n) is 23.6. The zero-order chi connectivity index (χ0) is 27.8. The van der Waals surface area contributed by atoms with Gasteiger partial charge < -0.3 is 37.7 Å². The van der Waals surface area contributed by atoms with Crippen molar-refractivity contribution in [3.63, 3.8) is 0 Å². The van der Waals surface area contributed by atoms with Gasteiger partial charge in [0, 0.05) is 46.9 Å². The molecule has 1 aromatic heterocycles. The number of anilines is 1. The van der Waals surface area contributed by atoms with Crippen molar-refractivity contribution in [3.8, 4) is 11.5 Å². The highest BCUT2D eigenvalue weighted by atomic mass is 16.5. The van der Waals surface area contributed by atoms with Crippen molar-refractivity contribution in [2.75, 3.05) is 85.0 Å². The van der Waals surface area contributed by atoms with Crippen LogP contribution in [0.2, 0.25) is 0 Å². The quantitative estimate of drug-likeness (QED) is 0.216. The van der Waals surface area contributed by atoms with Gasteiger partial charge in [0.1, 0.15) is 36.7 Å². The van der Waals surface area contributed by atoms with Gasteiger partial charge in [-0.2, -0.15) is 4.98 Å². The van der Waals surface area contributed by atoms with Crippen LogP contribution in [-0.4, -0.2) is 90.0 Å². The van der Waals surface area contributed by atoms with E-state index in [-0.39, 0.29) is 0 Å². The summed E-state index contributed by atoms with van der Waals surface area (Å²) in [7, 11) is 3.32. The van der Waals surface area contributed by atoms with Crippen LogP contribution in [0.3, 0.4) is 0 Å². The Hall–Kier alpha value is -3.15. The lowest BCUT2D eigenvalue weighted by atomic mass is 10.1. The number of rotatable bonds is 18. The van der Waals surface area contributed by atoms with Gasteiger partial charge in [0.2, 0.25) is 0 Å². The van der Waals surface area contributed by atoms with Gasteiger partial charge in [-0.25, -0.2) is 0 Å². The smallest absolute Gasteiger partial charge is 0.298 e. The number of benzene rings is 2. The molecule has 0 spiro atoms. The molecule has 218 valence electrons. The minimum absolute atomic E-state index is 0.396. The standard InChI is InChI=1S/C30H41N3O7/c1-34-15-17-38-28-7-3-5-25(19-28)21-33(22-26-6-4-8-29(20-26)39-18-16-35-2)30-31-27(24-40-30)23-37-14-11-32-9-12-36-13-10-32/h3-8,19-20,24H,9-18,21-23H2,1-2H3. The van der Waals surface area contributed by atoms with Crippen LogP contribution in [0.25, 0.3) is 0 Å². The van der Waals surface area contributed by atoms with Crippen molar-refractivity contribution in [3.05, 3.63) is 71.6 Å². The molecule has 10 heteroatoms. The van der Waals surface area contributed by atoms with Gasteiger partial charge in [0.05, 0.1) is 39.6 Å². The van der Waals surface area contributed by atoms with Crippen LogP contribution in [0.1, 0.15) is 16.8 Å². The number of hydrogen-bond acceptors (Lipinski definition) is 10.